The van der Waals surface area contributed by atoms with Gasteiger partial charge in [0.15, 0.2) is 17.3 Å². The van der Waals surface area contributed by atoms with Gasteiger partial charge in [0.1, 0.15) is 6.61 Å². The highest BCUT2D eigenvalue weighted by Crippen LogP contribution is 2.47. The van der Waals surface area contributed by atoms with Gasteiger partial charge in [0, 0.05) is 35.1 Å². The number of allylic oxidation sites excluding steroid dienone is 3. The third kappa shape index (κ3) is 5.80. The molecule has 1 heterocycles. The lowest BCUT2D eigenvalue weighted by Crippen LogP contribution is -2.38. The van der Waals surface area contributed by atoms with Gasteiger partial charge in [-0.3, -0.25) is 4.79 Å². The Hall–Kier alpha value is -2.41. The molecule has 0 aromatic heterocycles. The third-order valence-electron chi connectivity index (χ3n) is 6.11. The monoisotopic (exact) mass is 487 g/mol. The number of ether oxygens (including phenoxy) is 3. The zero-order valence-corrected chi connectivity index (χ0v) is 22.0. The Labute approximate surface area is 207 Å². The molecular formula is C27H37NO5S. The molecule has 6 nitrogen and oxygen atoms in total. The minimum Gasteiger partial charge on any atom is -0.493 e. The van der Waals surface area contributed by atoms with Gasteiger partial charge in [-0.25, -0.2) is 4.79 Å². The van der Waals surface area contributed by atoms with Crippen molar-refractivity contribution in [2.75, 3.05) is 31.8 Å². The van der Waals surface area contributed by atoms with Gasteiger partial charge >= 0.3 is 5.97 Å². The van der Waals surface area contributed by atoms with Crippen molar-refractivity contribution >= 4 is 23.5 Å². The van der Waals surface area contributed by atoms with Crippen molar-refractivity contribution in [1.82, 2.24) is 5.32 Å². The van der Waals surface area contributed by atoms with Gasteiger partial charge in [0.25, 0.3) is 0 Å². The van der Waals surface area contributed by atoms with Gasteiger partial charge in [-0.2, -0.15) is 11.8 Å². The number of esters is 1. The van der Waals surface area contributed by atoms with E-state index in [9.17, 15) is 9.59 Å². The van der Waals surface area contributed by atoms with Gasteiger partial charge < -0.3 is 19.5 Å². The van der Waals surface area contributed by atoms with Crippen LogP contribution < -0.4 is 14.8 Å². The summed E-state index contributed by atoms with van der Waals surface area (Å²) in [4.78, 5) is 26.7. The highest BCUT2D eigenvalue weighted by atomic mass is 32.2. The van der Waals surface area contributed by atoms with Crippen molar-refractivity contribution < 1.29 is 23.8 Å². The Morgan fingerprint density at radius 3 is 2.62 bits per heavy atom. The van der Waals surface area contributed by atoms with E-state index >= 15 is 0 Å². The molecule has 0 saturated carbocycles. The summed E-state index contributed by atoms with van der Waals surface area (Å²) >= 11 is 1.72. The van der Waals surface area contributed by atoms with Gasteiger partial charge in [-0.15, -0.1) is 0 Å². The maximum Gasteiger partial charge on any atom is 0.336 e. The number of dihydropyridines is 1. The predicted molar refractivity (Wildman–Crippen MR) is 136 cm³/mol. The van der Waals surface area contributed by atoms with E-state index < -0.39 is 5.92 Å². The van der Waals surface area contributed by atoms with Crippen LogP contribution in [0.5, 0.6) is 11.5 Å². The van der Waals surface area contributed by atoms with Crippen molar-refractivity contribution in [3.8, 4) is 11.5 Å². The molecule has 0 unspecified atom stereocenters. The zero-order chi connectivity index (χ0) is 24.9. The van der Waals surface area contributed by atoms with Crippen LogP contribution in [-0.4, -0.2) is 43.6 Å². The second-order valence-corrected chi connectivity index (χ2v) is 10.9. The maximum absolute atomic E-state index is 13.4. The van der Waals surface area contributed by atoms with Gasteiger partial charge in [0.05, 0.1) is 19.3 Å². The molecule has 1 aliphatic carbocycles. The van der Waals surface area contributed by atoms with E-state index in [1.807, 2.05) is 32.0 Å². The standard InChI is InChI=1S/C27H37NO5S/c1-7-11-32-21-10-9-18(14-22(21)31-6)24-23(26(30)33-12-13-34-8-2)17(3)28-19-15-27(4,5)16-20(29)25(19)24/h9-10,14,24,28H,7-8,11-13,15-16H2,1-6H3/t24-/m0/s1. The Morgan fingerprint density at radius 2 is 1.94 bits per heavy atom. The number of carbonyl (C=O) groups excluding carboxylic acids is 2. The van der Waals surface area contributed by atoms with E-state index in [0.717, 1.165) is 41.3 Å². The van der Waals surface area contributed by atoms with Crippen LogP contribution in [0.2, 0.25) is 0 Å². The minimum absolute atomic E-state index is 0.0633. The molecule has 1 N–H and O–H groups in total. The minimum atomic E-state index is -0.514. The van der Waals surface area contributed by atoms with E-state index in [-0.39, 0.29) is 17.2 Å². The van der Waals surface area contributed by atoms with Gasteiger partial charge in [-0.1, -0.05) is 33.8 Å². The number of hydrogen-bond donors (Lipinski definition) is 1. The number of rotatable bonds is 10. The smallest absolute Gasteiger partial charge is 0.336 e. The fraction of sp³-hybridized carbons (Fsp3) is 0.556. The number of hydrogen-bond acceptors (Lipinski definition) is 7. The van der Waals surface area contributed by atoms with Crippen molar-refractivity contribution in [2.24, 2.45) is 5.41 Å². The first-order chi connectivity index (χ1) is 16.2. The number of Topliss-reactive ketones (excluding diaryl/α,β-unsaturated/α-hetero) is 1. The summed E-state index contributed by atoms with van der Waals surface area (Å²) in [6, 6.07) is 5.67. The largest absolute Gasteiger partial charge is 0.493 e. The highest BCUT2D eigenvalue weighted by Gasteiger charge is 2.43. The lowest BCUT2D eigenvalue weighted by atomic mass is 9.68. The van der Waals surface area contributed by atoms with Crippen LogP contribution in [0, 0.1) is 5.41 Å². The van der Waals surface area contributed by atoms with Crippen LogP contribution >= 0.6 is 11.8 Å². The third-order valence-corrected chi connectivity index (χ3v) is 6.97. The summed E-state index contributed by atoms with van der Waals surface area (Å²) in [6.45, 7) is 11.1. The Morgan fingerprint density at radius 1 is 1.18 bits per heavy atom. The van der Waals surface area contributed by atoms with Crippen molar-refractivity contribution in [1.29, 1.82) is 0 Å². The second-order valence-electron chi connectivity index (χ2n) is 9.52. The first-order valence-corrected chi connectivity index (χ1v) is 13.2. The maximum atomic E-state index is 13.4. The Kier molecular flexibility index (Phi) is 8.74. The zero-order valence-electron chi connectivity index (χ0n) is 21.2. The van der Waals surface area contributed by atoms with Crippen LogP contribution in [0.3, 0.4) is 0 Å². The first-order valence-electron chi connectivity index (χ1n) is 12.0. The molecule has 0 saturated heterocycles. The van der Waals surface area contributed by atoms with Crippen LogP contribution in [0.25, 0.3) is 0 Å². The van der Waals surface area contributed by atoms with Crippen LogP contribution in [0.4, 0.5) is 0 Å². The van der Waals surface area contributed by atoms with E-state index in [4.69, 9.17) is 14.2 Å². The number of benzene rings is 1. The molecule has 0 fully saturated rings. The predicted octanol–water partition coefficient (Wildman–Crippen LogP) is 5.38. The molecule has 7 heteroatoms. The average Bonchev–Trinajstić information content (AvgIpc) is 2.78. The molecule has 1 aromatic carbocycles. The summed E-state index contributed by atoms with van der Waals surface area (Å²) in [5.74, 6) is 2.10. The van der Waals surface area contributed by atoms with Crippen molar-refractivity contribution in [2.45, 2.75) is 59.8 Å². The topological polar surface area (TPSA) is 73.9 Å². The number of nitrogens with one attached hydrogen (secondary N) is 1. The SMILES string of the molecule is CCCOc1ccc([C@H]2C(C(=O)OCCSCC)=C(C)NC3=C2C(=O)CC(C)(C)C3)cc1OC. The fourth-order valence-corrected chi connectivity index (χ4v) is 5.14. The van der Waals surface area contributed by atoms with Crippen molar-refractivity contribution in [3.05, 3.63) is 46.3 Å². The number of thioether (sulfide) groups is 1. The fourth-order valence-electron chi connectivity index (χ4n) is 4.65. The molecule has 3 rings (SSSR count). The van der Waals surface area contributed by atoms with Crippen molar-refractivity contribution in [3.63, 3.8) is 0 Å². The summed E-state index contributed by atoms with van der Waals surface area (Å²) in [6.07, 6.45) is 2.06. The van der Waals surface area contributed by atoms with Crippen LogP contribution in [0.1, 0.15) is 65.4 Å². The summed E-state index contributed by atoms with van der Waals surface area (Å²) < 4.78 is 17.1. The van der Waals surface area contributed by atoms with Crippen LogP contribution in [-0.2, 0) is 14.3 Å². The molecule has 0 spiro atoms. The second kappa shape index (κ2) is 11.3. The molecule has 0 amide bonds. The summed E-state index contributed by atoms with van der Waals surface area (Å²) in [5.41, 5.74) is 3.44. The number of carbonyl (C=O) groups is 2. The molecule has 34 heavy (non-hydrogen) atoms. The molecule has 1 aliphatic heterocycles. The van der Waals surface area contributed by atoms with E-state index in [1.54, 1.807) is 18.9 Å². The summed E-state index contributed by atoms with van der Waals surface area (Å²) in [5, 5.41) is 3.38. The number of methoxy groups -OCH3 is 1. The van der Waals surface area contributed by atoms with E-state index in [2.05, 4.69) is 26.1 Å². The van der Waals surface area contributed by atoms with Crippen LogP contribution in [0.15, 0.2) is 40.7 Å². The lowest BCUT2D eigenvalue weighted by Gasteiger charge is -2.39. The van der Waals surface area contributed by atoms with Gasteiger partial charge in [-0.05, 0) is 48.6 Å². The Balaban J connectivity index is 2.06. The molecular weight excluding hydrogens is 450 g/mol. The van der Waals surface area contributed by atoms with E-state index in [1.165, 1.54) is 0 Å². The molecule has 0 bridgehead atoms. The quantitative estimate of drug-likeness (QED) is 0.351. The highest BCUT2D eigenvalue weighted by molar-refractivity contribution is 7.99. The first kappa shape index (κ1) is 26.2. The lowest BCUT2D eigenvalue weighted by molar-refractivity contribution is -0.138. The summed E-state index contributed by atoms with van der Waals surface area (Å²) in [7, 11) is 1.60. The molecule has 0 radical (unpaired) electrons. The molecule has 1 aromatic rings. The average molecular weight is 488 g/mol. The molecule has 2 aliphatic rings. The molecule has 186 valence electrons. The van der Waals surface area contributed by atoms with Gasteiger partial charge in [0.2, 0.25) is 0 Å². The van der Waals surface area contributed by atoms with E-state index in [0.29, 0.717) is 42.3 Å². The molecule has 1 atom stereocenters. The Bertz CT molecular complexity index is 995. The number of ketones is 1. The normalized spacial score (nSPS) is 19.5.